The number of allylic oxidation sites excluding steroid dienone is 4. The van der Waals surface area contributed by atoms with Gasteiger partial charge in [0.2, 0.25) is 5.67 Å². The number of fused-ring (bicyclic) bond motifs is 2. The molecule has 9 heteroatoms. The maximum atomic E-state index is 14.5. The van der Waals surface area contributed by atoms with Crippen molar-refractivity contribution < 1.29 is 35.9 Å². The van der Waals surface area contributed by atoms with E-state index in [1.165, 1.54) is 17.4 Å². The highest BCUT2D eigenvalue weighted by molar-refractivity contribution is 7.90. The Labute approximate surface area is 257 Å². The number of hydrogen-bond donors (Lipinski definition) is 1. The number of aliphatic hydroxyl groups excluding tert-OH is 1. The molecule has 2 aromatic rings. The van der Waals surface area contributed by atoms with E-state index in [9.17, 15) is 35.9 Å². The highest BCUT2D eigenvalue weighted by Gasteiger charge is 2.53. The SMILES string of the molecule is CC1(CO)CC(c2ccc(-c3ccc(S(C)(=O)=O)cc3)cc2)C2=C3CCC(=O)C=C3CCC2C1CCC[C@@](C)(F)C(F)(F)F. The summed E-state index contributed by atoms with van der Waals surface area (Å²) in [5, 5.41) is 10.7. The maximum Gasteiger partial charge on any atom is 0.422 e. The van der Waals surface area contributed by atoms with Crippen LogP contribution < -0.4 is 0 Å². The van der Waals surface area contributed by atoms with Crippen LogP contribution in [0.1, 0.15) is 76.7 Å². The second-order valence-corrected chi connectivity index (χ2v) is 15.4. The summed E-state index contributed by atoms with van der Waals surface area (Å²) in [5.41, 5.74) is 2.43. The molecule has 1 fully saturated rings. The van der Waals surface area contributed by atoms with Gasteiger partial charge in [-0.05, 0) is 115 Å². The molecule has 44 heavy (non-hydrogen) atoms. The predicted molar refractivity (Wildman–Crippen MR) is 163 cm³/mol. The lowest BCUT2D eigenvalue weighted by Crippen LogP contribution is -2.46. The van der Waals surface area contributed by atoms with Crippen LogP contribution in [0.2, 0.25) is 0 Å². The van der Waals surface area contributed by atoms with Gasteiger partial charge in [-0.1, -0.05) is 48.9 Å². The number of hydrogen-bond acceptors (Lipinski definition) is 4. The van der Waals surface area contributed by atoms with Gasteiger partial charge in [0, 0.05) is 25.2 Å². The Morgan fingerprint density at radius 2 is 1.57 bits per heavy atom. The second kappa shape index (κ2) is 11.9. The fourth-order valence-corrected chi connectivity index (χ4v) is 8.36. The number of ketones is 1. The maximum absolute atomic E-state index is 14.5. The Bertz CT molecular complexity index is 1570. The minimum atomic E-state index is -4.93. The third kappa shape index (κ3) is 6.32. The fraction of sp³-hybridized carbons (Fsp3) is 0.514. The fourth-order valence-electron chi connectivity index (χ4n) is 7.73. The van der Waals surface area contributed by atoms with Gasteiger partial charge in [-0.15, -0.1) is 0 Å². The summed E-state index contributed by atoms with van der Waals surface area (Å²) < 4.78 is 78.0. The number of aliphatic hydroxyl groups is 1. The third-order valence-corrected chi connectivity index (χ3v) is 11.4. The minimum absolute atomic E-state index is 0.00576. The van der Waals surface area contributed by atoms with Crippen LogP contribution in [0.15, 0.2) is 76.2 Å². The largest absolute Gasteiger partial charge is 0.422 e. The Morgan fingerprint density at radius 3 is 2.14 bits per heavy atom. The van der Waals surface area contributed by atoms with Gasteiger partial charge in [0.15, 0.2) is 15.6 Å². The van der Waals surface area contributed by atoms with Crippen LogP contribution in [-0.2, 0) is 14.6 Å². The summed E-state index contributed by atoms with van der Waals surface area (Å²) in [6.07, 6.45) is 0.845. The molecule has 0 aromatic heterocycles. The van der Waals surface area contributed by atoms with Crippen LogP contribution in [0.4, 0.5) is 17.6 Å². The van der Waals surface area contributed by atoms with Gasteiger partial charge >= 0.3 is 6.18 Å². The summed E-state index contributed by atoms with van der Waals surface area (Å²) in [4.78, 5) is 12.6. The van der Waals surface area contributed by atoms with Crippen molar-refractivity contribution in [3.63, 3.8) is 0 Å². The zero-order valence-electron chi connectivity index (χ0n) is 25.4. The predicted octanol–water partition coefficient (Wildman–Crippen LogP) is 8.32. The Hall–Kier alpha value is -2.78. The first-order valence-corrected chi connectivity index (χ1v) is 17.2. The lowest BCUT2D eigenvalue weighted by atomic mass is 9.51. The van der Waals surface area contributed by atoms with Crippen LogP contribution in [0, 0.1) is 17.3 Å². The number of benzene rings is 2. The van der Waals surface area contributed by atoms with Crippen LogP contribution in [0.25, 0.3) is 11.1 Å². The van der Waals surface area contributed by atoms with E-state index >= 15 is 0 Å². The number of sulfone groups is 1. The molecular weight excluding hydrogens is 592 g/mol. The van der Waals surface area contributed by atoms with E-state index in [2.05, 4.69) is 12.1 Å². The van der Waals surface area contributed by atoms with Crippen LogP contribution in [0.5, 0.6) is 0 Å². The van der Waals surface area contributed by atoms with Gasteiger partial charge < -0.3 is 5.11 Å². The van der Waals surface area contributed by atoms with Crippen molar-refractivity contribution in [1.82, 2.24) is 0 Å². The van der Waals surface area contributed by atoms with Crippen molar-refractivity contribution >= 4 is 15.6 Å². The van der Waals surface area contributed by atoms with Gasteiger partial charge in [0.25, 0.3) is 0 Å². The zero-order valence-corrected chi connectivity index (χ0v) is 26.2. The first kappa shape index (κ1) is 32.6. The number of carbonyl (C=O) groups is 1. The molecule has 5 rings (SSSR count). The van der Waals surface area contributed by atoms with Gasteiger partial charge in [-0.2, -0.15) is 13.2 Å². The number of rotatable bonds is 8. The Morgan fingerprint density at radius 1 is 0.955 bits per heavy atom. The molecule has 5 atom stereocenters. The van der Waals surface area contributed by atoms with E-state index in [-0.39, 0.29) is 41.5 Å². The third-order valence-electron chi connectivity index (χ3n) is 10.3. The number of halogens is 4. The van der Waals surface area contributed by atoms with E-state index in [0.717, 1.165) is 28.7 Å². The van der Waals surface area contributed by atoms with Gasteiger partial charge in [0.05, 0.1) is 4.90 Å². The topological polar surface area (TPSA) is 71.4 Å². The molecule has 3 aliphatic carbocycles. The van der Waals surface area contributed by atoms with E-state index in [0.29, 0.717) is 39.0 Å². The molecule has 1 saturated carbocycles. The molecule has 0 amide bonds. The first-order valence-electron chi connectivity index (χ1n) is 15.3. The first-order chi connectivity index (χ1) is 20.5. The summed E-state index contributed by atoms with van der Waals surface area (Å²) in [6.45, 7) is 2.46. The smallest absolute Gasteiger partial charge is 0.396 e. The van der Waals surface area contributed by atoms with Crippen LogP contribution >= 0.6 is 0 Å². The van der Waals surface area contributed by atoms with Gasteiger partial charge in [-0.25, -0.2) is 12.8 Å². The van der Waals surface area contributed by atoms with E-state index in [4.69, 9.17) is 0 Å². The average molecular weight is 633 g/mol. The van der Waals surface area contributed by atoms with E-state index in [1.807, 2.05) is 19.1 Å². The van der Waals surface area contributed by atoms with Crippen LogP contribution in [0.3, 0.4) is 0 Å². The Balaban J connectivity index is 1.49. The molecular formula is C35H40F4O4S. The van der Waals surface area contributed by atoms with Crippen molar-refractivity contribution in [1.29, 1.82) is 0 Å². The zero-order chi connectivity index (χ0) is 32.1. The molecule has 0 radical (unpaired) electrons. The number of alkyl halides is 4. The lowest BCUT2D eigenvalue weighted by Gasteiger charge is -2.53. The lowest BCUT2D eigenvalue weighted by molar-refractivity contribution is -0.226. The van der Waals surface area contributed by atoms with Crippen LogP contribution in [-0.4, -0.2) is 44.0 Å². The second-order valence-electron chi connectivity index (χ2n) is 13.4. The molecule has 238 valence electrons. The molecule has 0 aliphatic heterocycles. The van der Waals surface area contributed by atoms with Crippen molar-refractivity contribution in [2.75, 3.05) is 12.9 Å². The molecule has 3 aliphatic rings. The standard InChI is InChI=1S/C35H40F4O4S/c1-33(21-40)20-30(24-8-6-22(7-9-24)23-10-14-27(15-11-23)44(3,42)43)32-28-17-13-26(41)19-25(28)12-16-29(32)31(33)5-4-18-34(2,36)35(37,38)39/h6-11,14-15,19,29-31,40H,4-5,12-13,16-18,20-21H2,1-3H3/t29?,30?,31?,33?,34-/m1/s1. The van der Waals surface area contributed by atoms with E-state index in [1.54, 1.807) is 30.3 Å². The molecule has 1 N–H and O–H groups in total. The highest BCUT2D eigenvalue weighted by Crippen LogP contribution is 2.60. The highest BCUT2D eigenvalue weighted by atomic mass is 32.2. The molecule has 4 nitrogen and oxygen atoms in total. The normalized spacial score (nSPS) is 27.3. The quantitative estimate of drug-likeness (QED) is 0.297. The molecule has 0 spiro atoms. The Kier molecular flexibility index (Phi) is 8.79. The molecule has 0 bridgehead atoms. The van der Waals surface area contributed by atoms with Gasteiger partial charge in [-0.3, -0.25) is 4.79 Å². The average Bonchev–Trinajstić information content (AvgIpc) is 2.96. The molecule has 0 heterocycles. The van der Waals surface area contributed by atoms with Gasteiger partial charge in [0.1, 0.15) is 0 Å². The van der Waals surface area contributed by atoms with Crippen molar-refractivity contribution in [3.05, 3.63) is 76.9 Å². The minimum Gasteiger partial charge on any atom is -0.396 e. The molecule has 2 aromatic carbocycles. The van der Waals surface area contributed by atoms with Crippen molar-refractivity contribution in [3.8, 4) is 11.1 Å². The monoisotopic (exact) mass is 632 g/mol. The summed E-state index contributed by atoms with van der Waals surface area (Å²) in [6, 6.07) is 14.8. The molecule has 4 unspecified atom stereocenters. The van der Waals surface area contributed by atoms with Crippen molar-refractivity contribution in [2.24, 2.45) is 17.3 Å². The summed E-state index contributed by atoms with van der Waals surface area (Å²) >= 11 is 0. The summed E-state index contributed by atoms with van der Waals surface area (Å²) in [7, 11) is -3.31. The molecule has 0 saturated heterocycles. The van der Waals surface area contributed by atoms with Crippen molar-refractivity contribution in [2.45, 2.75) is 87.9 Å². The summed E-state index contributed by atoms with van der Waals surface area (Å²) in [5.74, 6) is -0.0653. The number of carbonyl (C=O) groups excluding carboxylic acids is 1. The van der Waals surface area contributed by atoms with E-state index < -0.39 is 33.5 Å².